The van der Waals surface area contributed by atoms with Crippen LogP contribution < -0.4 is 17.1 Å². The first-order valence-corrected chi connectivity index (χ1v) is 12.3. The number of aliphatic hydroxyl groups is 3. The first kappa shape index (κ1) is 31.8. The third-order valence-corrected chi connectivity index (χ3v) is 8.54. The van der Waals surface area contributed by atoms with Gasteiger partial charge in [-0.3, -0.25) is 24.4 Å². The van der Waals surface area contributed by atoms with Crippen molar-refractivity contribution in [1.29, 1.82) is 0 Å². The summed E-state index contributed by atoms with van der Waals surface area (Å²) in [5.41, 5.74) is -7.04. The van der Waals surface area contributed by atoms with Crippen LogP contribution in [0.3, 0.4) is 0 Å². The molecule has 5 atom stereocenters. The van der Waals surface area contributed by atoms with Gasteiger partial charge in [-0.2, -0.15) is 25.3 Å². The van der Waals surface area contributed by atoms with E-state index >= 15 is 0 Å². The van der Waals surface area contributed by atoms with Crippen molar-refractivity contribution in [3.05, 3.63) is 31.5 Å². The van der Waals surface area contributed by atoms with Gasteiger partial charge in [-0.05, 0) is 6.42 Å². The maximum atomic E-state index is 13.2. The Morgan fingerprint density at radius 3 is 1.89 bits per heavy atom. The molecule has 0 aliphatic carbocycles. The Kier molecular flexibility index (Phi) is 11.8. The lowest BCUT2D eigenvalue weighted by Crippen LogP contribution is -2.69. The molecule has 1 aromatic heterocycles. The van der Waals surface area contributed by atoms with Gasteiger partial charge in [0.05, 0.1) is 18.9 Å². The molecule has 15 nitrogen and oxygen atoms in total. The molecule has 0 fully saturated rings. The number of aromatic amines is 2. The van der Waals surface area contributed by atoms with Crippen LogP contribution in [0, 0.1) is 11.3 Å². The van der Waals surface area contributed by atoms with Crippen molar-refractivity contribution in [3.63, 3.8) is 0 Å². The maximum absolute atomic E-state index is 13.2. The summed E-state index contributed by atoms with van der Waals surface area (Å²) in [6.07, 6.45) is -2.40. The van der Waals surface area contributed by atoms with E-state index in [1.54, 1.807) is 9.97 Å². The molecule has 204 valence electrons. The molecule has 36 heavy (non-hydrogen) atoms. The van der Waals surface area contributed by atoms with E-state index in [-0.39, 0.29) is 4.57 Å². The Bertz CT molecular complexity index is 1090. The number of aromatic nitrogens is 3. The zero-order valence-corrected chi connectivity index (χ0v) is 21.2. The highest BCUT2D eigenvalue weighted by Gasteiger charge is 2.67. The molecule has 8 N–H and O–H groups in total. The Hall–Kier alpha value is -2.25. The summed E-state index contributed by atoms with van der Waals surface area (Å²) >= 11 is 8.87. The lowest BCUT2D eigenvalue weighted by molar-refractivity contribution is -0.158. The number of rotatable bonds is 16. The molecule has 0 saturated carbocycles. The summed E-state index contributed by atoms with van der Waals surface area (Å²) in [5, 5.41) is 54.9. The van der Waals surface area contributed by atoms with Gasteiger partial charge in [0.15, 0.2) is 0 Å². The van der Waals surface area contributed by atoms with Crippen LogP contribution in [0.15, 0.2) is 14.4 Å². The molecule has 0 amide bonds. The van der Waals surface area contributed by atoms with Gasteiger partial charge in [0.2, 0.25) is 0 Å². The molecule has 0 aliphatic heterocycles. The molecule has 18 heteroatoms. The van der Waals surface area contributed by atoms with E-state index in [1.165, 1.54) is 0 Å². The second-order valence-electron chi connectivity index (χ2n) is 7.54. The molecule has 0 saturated heterocycles. The van der Waals surface area contributed by atoms with Crippen LogP contribution >= 0.6 is 37.0 Å². The van der Waals surface area contributed by atoms with Crippen molar-refractivity contribution in [2.75, 3.05) is 25.6 Å². The highest BCUT2D eigenvalue weighted by Crippen LogP contribution is 2.57. The van der Waals surface area contributed by atoms with Gasteiger partial charge in [0, 0.05) is 35.9 Å². The standard InChI is InChI=1S/C18H27N3O12S3/c22-3-1-8(12(27)28)11(35)18(13(29)30,9(34)7-10(25)26)17(2-4-23,36-6-5-24)21-15(32)19-14(31)20-16(21)33/h8-9,11,22-24,34-35H,1-7H2,(H,25,26)(H,27,28)(H,29,30)(H2,19,20,31,32,33). The average Bonchev–Trinajstić information content (AvgIpc) is 2.74. The van der Waals surface area contributed by atoms with Crippen LogP contribution in [0.25, 0.3) is 0 Å². The van der Waals surface area contributed by atoms with Crippen LogP contribution in [-0.4, -0.2) is 99.2 Å². The number of carboxylic acid groups (broad SMARTS) is 3. The first-order valence-electron chi connectivity index (χ1n) is 10.2. The summed E-state index contributed by atoms with van der Waals surface area (Å²) in [6.45, 7) is -2.34. The maximum Gasteiger partial charge on any atom is 0.334 e. The molecule has 0 spiro atoms. The Morgan fingerprint density at radius 2 is 1.50 bits per heavy atom. The van der Waals surface area contributed by atoms with E-state index in [0.717, 1.165) is 0 Å². The number of nitrogens with zero attached hydrogens (tertiary/aromatic N) is 1. The van der Waals surface area contributed by atoms with Crippen molar-refractivity contribution < 1.29 is 45.0 Å². The van der Waals surface area contributed by atoms with Crippen LogP contribution in [-0.2, 0) is 19.3 Å². The Labute approximate surface area is 217 Å². The number of nitrogens with one attached hydrogen (secondary N) is 2. The van der Waals surface area contributed by atoms with Gasteiger partial charge in [0.1, 0.15) is 10.3 Å². The third-order valence-electron chi connectivity index (χ3n) is 5.59. The molecular formula is C18H27N3O12S3. The smallest absolute Gasteiger partial charge is 0.334 e. The van der Waals surface area contributed by atoms with Crippen molar-refractivity contribution >= 4 is 54.9 Å². The molecule has 0 aromatic carbocycles. The summed E-state index contributed by atoms with van der Waals surface area (Å²) in [6, 6.07) is 0. The summed E-state index contributed by atoms with van der Waals surface area (Å²) in [7, 11) is 0. The second kappa shape index (κ2) is 13.3. The summed E-state index contributed by atoms with van der Waals surface area (Å²) in [5.74, 6) is -7.35. The predicted molar refractivity (Wildman–Crippen MR) is 132 cm³/mol. The van der Waals surface area contributed by atoms with Gasteiger partial charge in [-0.1, -0.05) is 0 Å². The van der Waals surface area contributed by atoms with Gasteiger partial charge in [-0.15, -0.1) is 11.8 Å². The molecule has 5 unspecified atom stereocenters. The van der Waals surface area contributed by atoms with E-state index in [2.05, 4.69) is 25.3 Å². The largest absolute Gasteiger partial charge is 0.481 e. The van der Waals surface area contributed by atoms with E-state index in [9.17, 15) is 59.4 Å². The molecule has 1 aromatic rings. The quantitative estimate of drug-likeness (QED) is 0.0898. The fourth-order valence-electron chi connectivity index (χ4n) is 4.21. The summed E-state index contributed by atoms with van der Waals surface area (Å²) < 4.78 is 0.227. The minimum absolute atomic E-state index is 0.227. The van der Waals surface area contributed by atoms with E-state index < -0.39 is 107 Å². The highest BCUT2D eigenvalue weighted by molar-refractivity contribution is 8.00. The van der Waals surface area contributed by atoms with Gasteiger partial charge in [0.25, 0.3) is 0 Å². The third kappa shape index (κ3) is 6.00. The minimum atomic E-state index is -2.87. The van der Waals surface area contributed by atoms with E-state index in [1.807, 2.05) is 0 Å². The molecule has 1 rings (SSSR count). The first-order chi connectivity index (χ1) is 16.8. The monoisotopic (exact) mass is 573 g/mol. The zero-order chi connectivity index (χ0) is 27.8. The lowest BCUT2D eigenvalue weighted by Gasteiger charge is -2.53. The number of thiol groups is 2. The van der Waals surface area contributed by atoms with Gasteiger partial charge < -0.3 is 30.6 Å². The highest BCUT2D eigenvalue weighted by atomic mass is 32.2. The Morgan fingerprint density at radius 1 is 0.944 bits per heavy atom. The van der Waals surface area contributed by atoms with Crippen molar-refractivity contribution in [1.82, 2.24) is 14.5 Å². The molecule has 0 radical (unpaired) electrons. The van der Waals surface area contributed by atoms with Crippen LogP contribution in [0.4, 0.5) is 0 Å². The van der Waals surface area contributed by atoms with Crippen LogP contribution in [0.1, 0.15) is 19.3 Å². The zero-order valence-electron chi connectivity index (χ0n) is 18.6. The average molecular weight is 574 g/mol. The van der Waals surface area contributed by atoms with Gasteiger partial charge >= 0.3 is 35.0 Å². The second-order valence-corrected chi connectivity index (χ2v) is 10.1. The van der Waals surface area contributed by atoms with Crippen molar-refractivity contribution in [2.45, 2.75) is 34.6 Å². The number of aliphatic carboxylic acids is 3. The minimum Gasteiger partial charge on any atom is -0.481 e. The predicted octanol–water partition coefficient (Wildman–Crippen LogP) is -2.79. The number of carboxylic acids is 3. The number of aliphatic hydroxyl groups excluding tert-OH is 3. The lowest BCUT2D eigenvalue weighted by atomic mass is 9.67. The molecular weight excluding hydrogens is 546 g/mol. The number of thioether (sulfide) groups is 1. The number of hydrogen-bond donors (Lipinski definition) is 10. The SMILES string of the molecule is O=C(O)CC(S)C(C(=O)O)(C(S)C(CCO)C(=O)O)C(CCO)(SCCO)n1c(=O)[nH]c(=O)[nH]c1=O. The fourth-order valence-corrected chi connectivity index (χ4v) is 7.48. The normalized spacial score (nSPS) is 17.4. The molecule has 1 heterocycles. The van der Waals surface area contributed by atoms with Crippen molar-refractivity contribution in [2.24, 2.45) is 11.3 Å². The molecule has 0 aliphatic rings. The number of carbonyl (C=O) groups is 3. The van der Waals surface area contributed by atoms with Crippen LogP contribution in [0.5, 0.6) is 0 Å². The van der Waals surface area contributed by atoms with Gasteiger partial charge in [-0.25, -0.2) is 19.0 Å². The van der Waals surface area contributed by atoms with E-state index in [0.29, 0.717) is 11.8 Å². The fraction of sp³-hybridized carbons (Fsp3) is 0.667. The number of H-pyrrole nitrogens is 2. The summed E-state index contributed by atoms with van der Waals surface area (Å²) in [4.78, 5) is 75.4. The van der Waals surface area contributed by atoms with Crippen molar-refractivity contribution in [3.8, 4) is 0 Å². The topological polar surface area (TPSA) is 260 Å². The number of hydrogen-bond acceptors (Lipinski definition) is 12. The Balaban J connectivity index is 4.45. The van der Waals surface area contributed by atoms with E-state index in [4.69, 9.17) is 0 Å². The molecule has 0 bridgehead atoms. The van der Waals surface area contributed by atoms with Crippen LogP contribution in [0.2, 0.25) is 0 Å².